The number of carbonyl (C=O) groups excluding carboxylic acids is 1. The Labute approximate surface area is 167 Å². The van der Waals surface area contributed by atoms with Crippen molar-refractivity contribution in [3.8, 4) is 17.3 Å². The van der Waals surface area contributed by atoms with Gasteiger partial charge in [-0.15, -0.1) is 0 Å². The van der Waals surface area contributed by atoms with E-state index in [1.807, 2.05) is 54.1 Å². The molecule has 0 spiro atoms. The maximum absolute atomic E-state index is 12.0. The first kappa shape index (κ1) is 18.4. The lowest BCUT2D eigenvalue weighted by Crippen LogP contribution is -2.34. The van der Waals surface area contributed by atoms with Crippen molar-refractivity contribution in [3.05, 3.63) is 84.4 Å². The molecule has 0 bridgehead atoms. The fourth-order valence-electron chi connectivity index (χ4n) is 2.70. The van der Waals surface area contributed by atoms with Crippen molar-refractivity contribution in [1.29, 1.82) is 0 Å². The third kappa shape index (κ3) is 4.67. The molecule has 2 N–H and O–H groups in total. The molecule has 0 aliphatic carbocycles. The molecular formula is C21H20N6O2. The fraction of sp³-hybridized carbons (Fsp3) is 0.143. The number of aryl methyl sites for hydroxylation is 1. The molecule has 0 unspecified atom stereocenters. The molecule has 1 aromatic carbocycles. The van der Waals surface area contributed by atoms with Gasteiger partial charge in [0.1, 0.15) is 18.4 Å². The molecule has 8 nitrogen and oxygen atoms in total. The highest BCUT2D eigenvalue weighted by atomic mass is 16.3. The summed E-state index contributed by atoms with van der Waals surface area (Å²) in [5.74, 6) is 1.30. The van der Waals surface area contributed by atoms with E-state index in [1.54, 1.807) is 25.0 Å². The van der Waals surface area contributed by atoms with Crippen molar-refractivity contribution >= 4 is 6.03 Å². The number of oxazole rings is 1. The Bertz CT molecular complexity index is 1070. The molecule has 0 radical (unpaired) electrons. The standard InChI is InChI=1S/C21H20N6O2/c1-15-2-5-17(6-3-15)20-26-18(13-29-20)12-25-21(28)24-11-16-4-7-19(23-10-16)27-9-8-22-14-27/h2-10,13-14H,11-12H2,1H3,(H2,24,25,28). The number of imidazole rings is 1. The number of nitrogens with one attached hydrogen (secondary N) is 2. The van der Waals surface area contributed by atoms with Crippen LogP contribution in [0.4, 0.5) is 4.79 Å². The first-order chi connectivity index (χ1) is 14.2. The van der Waals surface area contributed by atoms with Crippen LogP contribution < -0.4 is 10.6 Å². The molecule has 8 heteroatoms. The van der Waals surface area contributed by atoms with Gasteiger partial charge in [0.15, 0.2) is 0 Å². The van der Waals surface area contributed by atoms with Crippen molar-refractivity contribution < 1.29 is 9.21 Å². The lowest BCUT2D eigenvalue weighted by Gasteiger charge is -2.07. The number of urea groups is 1. The van der Waals surface area contributed by atoms with E-state index < -0.39 is 0 Å². The van der Waals surface area contributed by atoms with Crippen LogP contribution in [0.1, 0.15) is 16.8 Å². The van der Waals surface area contributed by atoms with Gasteiger partial charge in [-0.2, -0.15) is 0 Å². The number of nitrogens with zero attached hydrogens (tertiary/aromatic N) is 4. The number of aromatic nitrogens is 4. The number of rotatable bonds is 6. The number of hydrogen-bond donors (Lipinski definition) is 2. The Morgan fingerprint density at radius 2 is 1.93 bits per heavy atom. The third-order valence-electron chi connectivity index (χ3n) is 4.31. The van der Waals surface area contributed by atoms with E-state index in [9.17, 15) is 4.79 Å². The van der Waals surface area contributed by atoms with E-state index in [0.717, 1.165) is 16.9 Å². The van der Waals surface area contributed by atoms with Gasteiger partial charge in [0.2, 0.25) is 5.89 Å². The second-order valence-corrected chi connectivity index (χ2v) is 6.54. The number of hydrogen-bond acceptors (Lipinski definition) is 5. The Kier molecular flexibility index (Phi) is 5.33. The van der Waals surface area contributed by atoms with E-state index in [-0.39, 0.29) is 12.6 Å². The molecule has 29 heavy (non-hydrogen) atoms. The largest absolute Gasteiger partial charge is 0.444 e. The molecular weight excluding hydrogens is 368 g/mol. The Morgan fingerprint density at radius 1 is 1.10 bits per heavy atom. The molecule has 146 valence electrons. The summed E-state index contributed by atoms with van der Waals surface area (Å²) in [4.78, 5) is 24.8. The summed E-state index contributed by atoms with van der Waals surface area (Å²) in [6.45, 7) is 2.67. The molecule has 3 aromatic heterocycles. The van der Waals surface area contributed by atoms with Crippen LogP contribution in [0.2, 0.25) is 0 Å². The van der Waals surface area contributed by atoms with Gasteiger partial charge in [-0.05, 0) is 30.7 Å². The van der Waals surface area contributed by atoms with Crippen LogP contribution in [-0.2, 0) is 13.1 Å². The minimum Gasteiger partial charge on any atom is -0.444 e. The van der Waals surface area contributed by atoms with Gasteiger partial charge in [0, 0.05) is 30.7 Å². The molecule has 0 saturated carbocycles. The maximum Gasteiger partial charge on any atom is 0.315 e. The molecule has 0 aliphatic rings. The smallest absolute Gasteiger partial charge is 0.315 e. The molecule has 0 fully saturated rings. The summed E-state index contributed by atoms with van der Waals surface area (Å²) in [7, 11) is 0. The van der Waals surface area contributed by atoms with Crippen LogP contribution in [0.15, 0.2) is 72.0 Å². The molecule has 0 atom stereocenters. The average molecular weight is 388 g/mol. The van der Waals surface area contributed by atoms with Crippen molar-refractivity contribution in [2.24, 2.45) is 0 Å². The second-order valence-electron chi connectivity index (χ2n) is 6.54. The topological polar surface area (TPSA) is 97.9 Å². The van der Waals surface area contributed by atoms with Crippen molar-refractivity contribution in [3.63, 3.8) is 0 Å². The number of pyridine rings is 1. The molecule has 4 rings (SSSR count). The van der Waals surface area contributed by atoms with Crippen molar-refractivity contribution in [2.45, 2.75) is 20.0 Å². The SMILES string of the molecule is Cc1ccc(-c2nc(CNC(=O)NCc3ccc(-n4ccnc4)nc3)co2)cc1. The molecule has 0 saturated heterocycles. The lowest BCUT2D eigenvalue weighted by atomic mass is 10.1. The molecule has 2 amide bonds. The summed E-state index contributed by atoms with van der Waals surface area (Å²) in [5, 5.41) is 5.57. The van der Waals surface area contributed by atoms with Crippen LogP contribution in [0, 0.1) is 6.92 Å². The molecule has 4 aromatic rings. The van der Waals surface area contributed by atoms with Crippen LogP contribution >= 0.6 is 0 Å². The van der Waals surface area contributed by atoms with E-state index in [2.05, 4.69) is 25.6 Å². The first-order valence-corrected chi connectivity index (χ1v) is 9.14. The lowest BCUT2D eigenvalue weighted by molar-refractivity contribution is 0.240. The highest BCUT2D eigenvalue weighted by molar-refractivity contribution is 5.73. The fourth-order valence-corrected chi connectivity index (χ4v) is 2.70. The van der Waals surface area contributed by atoms with Gasteiger partial charge in [0.05, 0.1) is 12.2 Å². The number of carbonyl (C=O) groups is 1. The minimum atomic E-state index is -0.288. The monoisotopic (exact) mass is 388 g/mol. The zero-order valence-corrected chi connectivity index (χ0v) is 15.9. The van der Waals surface area contributed by atoms with Gasteiger partial charge in [-0.3, -0.25) is 4.57 Å². The molecule has 0 aliphatic heterocycles. The average Bonchev–Trinajstić information content (AvgIpc) is 3.44. The van der Waals surface area contributed by atoms with Gasteiger partial charge in [-0.1, -0.05) is 23.8 Å². The van der Waals surface area contributed by atoms with Gasteiger partial charge < -0.3 is 15.1 Å². The second kappa shape index (κ2) is 8.39. The van der Waals surface area contributed by atoms with Crippen molar-refractivity contribution in [1.82, 2.24) is 30.2 Å². The van der Waals surface area contributed by atoms with Crippen LogP contribution in [0.3, 0.4) is 0 Å². The van der Waals surface area contributed by atoms with Crippen LogP contribution in [0.5, 0.6) is 0 Å². The van der Waals surface area contributed by atoms with Gasteiger partial charge in [0.25, 0.3) is 0 Å². The summed E-state index contributed by atoms with van der Waals surface area (Å²) >= 11 is 0. The Balaban J connectivity index is 1.25. The summed E-state index contributed by atoms with van der Waals surface area (Å²) in [5.41, 5.74) is 3.62. The highest BCUT2D eigenvalue weighted by Crippen LogP contribution is 2.19. The van der Waals surface area contributed by atoms with Crippen molar-refractivity contribution in [2.75, 3.05) is 0 Å². The first-order valence-electron chi connectivity index (χ1n) is 9.14. The van der Waals surface area contributed by atoms with E-state index in [0.29, 0.717) is 18.1 Å². The van der Waals surface area contributed by atoms with Gasteiger partial charge in [-0.25, -0.2) is 19.7 Å². The van der Waals surface area contributed by atoms with E-state index in [1.165, 1.54) is 5.56 Å². The zero-order chi connectivity index (χ0) is 20.1. The number of benzene rings is 1. The summed E-state index contributed by atoms with van der Waals surface area (Å²) in [6, 6.07) is 11.4. The maximum atomic E-state index is 12.0. The Morgan fingerprint density at radius 3 is 2.66 bits per heavy atom. The Hall–Kier alpha value is -3.94. The highest BCUT2D eigenvalue weighted by Gasteiger charge is 2.08. The minimum absolute atomic E-state index is 0.277. The predicted molar refractivity (Wildman–Crippen MR) is 107 cm³/mol. The quantitative estimate of drug-likeness (QED) is 0.528. The van der Waals surface area contributed by atoms with Crippen LogP contribution in [-0.4, -0.2) is 25.6 Å². The zero-order valence-electron chi connectivity index (χ0n) is 15.9. The predicted octanol–water partition coefficient (Wildman–Crippen LogP) is 3.23. The van der Waals surface area contributed by atoms with Crippen LogP contribution in [0.25, 0.3) is 17.3 Å². The third-order valence-corrected chi connectivity index (χ3v) is 4.31. The summed E-state index contributed by atoms with van der Waals surface area (Å²) < 4.78 is 7.31. The number of amides is 2. The van der Waals surface area contributed by atoms with Gasteiger partial charge >= 0.3 is 6.03 Å². The van der Waals surface area contributed by atoms with E-state index >= 15 is 0 Å². The van der Waals surface area contributed by atoms with E-state index in [4.69, 9.17) is 4.42 Å². The summed E-state index contributed by atoms with van der Waals surface area (Å²) in [6.07, 6.45) is 8.47. The molecule has 3 heterocycles. The normalized spacial score (nSPS) is 10.7.